The molecule has 1 aliphatic heterocycles. The molecule has 134 valence electrons. The van der Waals surface area contributed by atoms with Crippen molar-refractivity contribution in [3.8, 4) is 0 Å². The Morgan fingerprint density at radius 1 is 1.20 bits per heavy atom. The van der Waals surface area contributed by atoms with Gasteiger partial charge in [-0.05, 0) is 30.7 Å². The Morgan fingerprint density at radius 2 is 1.92 bits per heavy atom. The molecule has 1 saturated heterocycles. The molecule has 3 heterocycles. The Bertz CT molecular complexity index is 715. The van der Waals surface area contributed by atoms with Crippen molar-refractivity contribution in [2.75, 3.05) is 33.2 Å². The quantitative estimate of drug-likeness (QED) is 0.672. The fraction of sp³-hybridized carbons (Fsp3) is 0.444. The van der Waals surface area contributed by atoms with Crippen molar-refractivity contribution in [1.82, 2.24) is 15.1 Å². The number of guanidine groups is 1. The molecule has 0 saturated carbocycles. The molecule has 25 heavy (non-hydrogen) atoms. The van der Waals surface area contributed by atoms with Gasteiger partial charge in [0.1, 0.15) is 0 Å². The average molecular weight is 360 g/mol. The third-order valence-corrected chi connectivity index (χ3v) is 5.53. The number of nitrogens with zero attached hydrogens (tertiary/aromatic N) is 3. The van der Waals surface area contributed by atoms with E-state index in [-0.39, 0.29) is 5.91 Å². The second-order valence-electron chi connectivity index (χ2n) is 5.88. The van der Waals surface area contributed by atoms with Crippen LogP contribution in [-0.2, 0) is 13.0 Å². The molecule has 0 aliphatic carbocycles. The Hall–Kier alpha value is -2.28. The molecule has 0 spiro atoms. The number of hydrogen-bond acceptors (Lipinski definition) is 4. The summed E-state index contributed by atoms with van der Waals surface area (Å²) >= 11 is 1.84. The molecule has 7 heteroatoms. The normalized spacial score (nSPS) is 15.5. The van der Waals surface area contributed by atoms with Crippen molar-refractivity contribution < 1.29 is 9.21 Å². The van der Waals surface area contributed by atoms with Gasteiger partial charge in [0, 0.05) is 43.0 Å². The summed E-state index contributed by atoms with van der Waals surface area (Å²) in [4.78, 5) is 23.4. The van der Waals surface area contributed by atoms with Crippen molar-refractivity contribution in [2.24, 2.45) is 4.99 Å². The molecule has 0 bridgehead atoms. The fourth-order valence-corrected chi connectivity index (χ4v) is 3.78. The lowest BCUT2D eigenvalue weighted by molar-refractivity contribution is 0.0657. The molecule has 2 aromatic rings. The van der Waals surface area contributed by atoms with Gasteiger partial charge < -0.3 is 19.5 Å². The molecule has 0 radical (unpaired) electrons. The van der Waals surface area contributed by atoms with Gasteiger partial charge in [0.25, 0.3) is 5.91 Å². The smallest absolute Gasteiger partial charge is 0.289 e. The zero-order valence-electron chi connectivity index (χ0n) is 14.7. The van der Waals surface area contributed by atoms with Gasteiger partial charge in [0.15, 0.2) is 11.7 Å². The molecule has 1 aliphatic rings. The summed E-state index contributed by atoms with van der Waals surface area (Å²) in [5.74, 6) is 1.25. The summed E-state index contributed by atoms with van der Waals surface area (Å²) < 4.78 is 5.20. The summed E-state index contributed by atoms with van der Waals surface area (Å²) in [6.45, 7) is 5.81. The van der Waals surface area contributed by atoms with Gasteiger partial charge in [-0.1, -0.05) is 6.92 Å². The summed E-state index contributed by atoms with van der Waals surface area (Å²) in [6.07, 6.45) is 2.61. The van der Waals surface area contributed by atoms with Crippen LogP contribution in [0.4, 0.5) is 0 Å². The minimum atomic E-state index is -0.0433. The van der Waals surface area contributed by atoms with Gasteiger partial charge in [-0.25, -0.2) is 0 Å². The minimum absolute atomic E-state index is 0.0433. The number of aryl methyl sites for hydroxylation is 1. The van der Waals surface area contributed by atoms with Crippen LogP contribution < -0.4 is 5.32 Å². The van der Waals surface area contributed by atoms with Crippen LogP contribution in [-0.4, -0.2) is 54.9 Å². The van der Waals surface area contributed by atoms with Gasteiger partial charge in [-0.3, -0.25) is 9.79 Å². The standard InChI is InChI=1S/C18H24N4O2S/c1-3-14-6-7-15(25-14)13-20-18(19-2)22-10-8-21(9-11-22)17(23)16-5-4-12-24-16/h4-7,12H,3,8-11,13H2,1-2H3,(H,19,20). The highest BCUT2D eigenvalue weighted by atomic mass is 32.1. The molecule has 0 aromatic carbocycles. The maximum atomic E-state index is 12.3. The second-order valence-corrected chi connectivity index (χ2v) is 7.13. The lowest BCUT2D eigenvalue weighted by atomic mass is 10.3. The Balaban J connectivity index is 1.51. The molecule has 2 aromatic heterocycles. The molecule has 1 N–H and O–H groups in total. The number of piperazine rings is 1. The van der Waals surface area contributed by atoms with E-state index in [0.29, 0.717) is 18.8 Å². The van der Waals surface area contributed by atoms with Crippen molar-refractivity contribution in [1.29, 1.82) is 0 Å². The number of nitrogens with one attached hydrogen (secondary N) is 1. The number of hydrogen-bond donors (Lipinski definition) is 1. The summed E-state index contributed by atoms with van der Waals surface area (Å²) in [5, 5.41) is 3.43. The van der Waals surface area contributed by atoms with Gasteiger partial charge in [-0.15, -0.1) is 11.3 Å². The molecule has 0 atom stereocenters. The number of thiophene rings is 1. The molecule has 1 amide bonds. The van der Waals surface area contributed by atoms with E-state index < -0.39 is 0 Å². The fourth-order valence-electron chi connectivity index (χ4n) is 2.88. The Kier molecular flexibility index (Phi) is 5.75. The number of amides is 1. The van der Waals surface area contributed by atoms with Crippen molar-refractivity contribution in [3.63, 3.8) is 0 Å². The predicted octanol–water partition coefficient (Wildman–Crippen LogP) is 2.44. The van der Waals surface area contributed by atoms with E-state index >= 15 is 0 Å². The molecule has 1 fully saturated rings. The van der Waals surface area contributed by atoms with E-state index in [4.69, 9.17) is 4.42 Å². The molecular formula is C18H24N4O2S. The van der Waals surface area contributed by atoms with Crippen LogP contribution >= 0.6 is 11.3 Å². The van der Waals surface area contributed by atoms with Crippen molar-refractivity contribution >= 4 is 23.2 Å². The van der Waals surface area contributed by atoms with Gasteiger partial charge in [0.05, 0.1) is 12.8 Å². The van der Waals surface area contributed by atoms with Crippen LogP contribution in [0.5, 0.6) is 0 Å². The predicted molar refractivity (Wildman–Crippen MR) is 100 cm³/mol. The third kappa shape index (κ3) is 4.22. The highest BCUT2D eigenvalue weighted by Crippen LogP contribution is 2.16. The van der Waals surface area contributed by atoms with Crippen LogP contribution in [0.1, 0.15) is 27.2 Å². The molecular weight excluding hydrogens is 336 g/mol. The van der Waals surface area contributed by atoms with Crippen LogP contribution in [0.2, 0.25) is 0 Å². The number of aliphatic imine (C=N–C) groups is 1. The van der Waals surface area contributed by atoms with Gasteiger partial charge >= 0.3 is 0 Å². The van der Waals surface area contributed by atoms with Crippen LogP contribution in [0.15, 0.2) is 39.9 Å². The first-order valence-electron chi connectivity index (χ1n) is 8.57. The molecule has 3 rings (SSSR count). The van der Waals surface area contributed by atoms with E-state index in [0.717, 1.165) is 32.0 Å². The first kappa shape index (κ1) is 17.5. The number of rotatable bonds is 4. The minimum Gasteiger partial charge on any atom is -0.459 e. The summed E-state index contributed by atoms with van der Waals surface area (Å²) in [5.41, 5.74) is 0. The van der Waals surface area contributed by atoms with E-state index in [1.807, 2.05) is 16.2 Å². The summed E-state index contributed by atoms with van der Waals surface area (Å²) in [6, 6.07) is 7.80. The van der Waals surface area contributed by atoms with E-state index in [9.17, 15) is 4.79 Å². The highest BCUT2D eigenvalue weighted by molar-refractivity contribution is 7.11. The van der Waals surface area contributed by atoms with E-state index in [1.54, 1.807) is 19.2 Å². The van der Waals surface area contributed by atoms with Crippen LogP contribution in [0, 0.1) is 0 Å². The van der Waals surface area contributed by atoms with E-state index in [1.165, 1.54) is 16.0 Å². The number of furan rings is 1. The number of carbonyl (C=O) groups is 1. The first-order valence-corrected chi connectivity index (χ1v) is 9.39. The second kappa shape index (κ2) is 8.20. The zero-order valence-corrected chi connectivity index (χ0v) is 15.5. The molecule has 6 nitrogen and oxygen atoms in total. The van der Waals surface area contributed by atoms with Crippen LogP contribution in [0.25, 0.3) is 0 Å². The van der Waals surface area contributed by atoms with Crippen molar-refractivity contribution in [3.05, 3.63) is 46.0 Å². The SMILES string of the molecule is CCc1ccc(CNC(=NC)N2CCN(C(=O)c3ccco3)CC2)s1. The monoisotopic (exact) mass is 360 g/mol. The first-order chi connectivity index (χ1) is 12.2. The van der Waals surface area contributed by atoms with E-state index in [2.05, 4.69) is 34.3 Å². The Morgan fingerprint density at radius 3 is 2.52 bits per heavy atom. The maximum Gasteiger partial charge on any atom is 0.289 e. The number of carbonyl (C=O) groups excluding carboxylic acids is 1. The lowest BCUT2D eigenvalue weighted by Gasteiger charge is -2.36. The third-order valence-electron chi connectivity index (χ3n) is 4.30. The highest BCUT2D eigenvalue weighted by Gasteiger charge is 2.25. The lowest BCUT2D eigenvalue weighted by Crippen LogP contribution is -2.53. The van der Waals surface area contributed by atoms with Gasteiger partial charge in [-0.2, -0.15) is 0 Å². The largest absolute Gasteiger partial charge is 0.459 e. The average Bonchev–Trinajstić information content (AvgIpc) is 3.34. The molecule has 0 unspecified atom stereocenters. The maximum absolute atomic E-state index is 12.3. The topological polar surface area (TPSA) is 61.1 Å². The summed E-state index contributed by atoms with van der Waals surface area (Å²) in [7, 11) is 1.80. The zero-order chi connectivity index (χ0) is 17.6. The van der Waals surface area contributed by atoms with Crippen molar-refractivity contribution in [2.45, 2.75) is 19.9 Å². The Labute approximate surface area is 152 Å². The van der Waals surface area contributed by atoms with Crippen LogP contribution in [0.3, 0.4) is 0 Å². The van der Waals surface area contributed by atoms with Gasteiger partial charge in [0.2, 0.25) is 0 Å².